The molecule has 1 N–H and O–H groups in total. The van der Waals surface area contributed by atoms with Gasteiger partial charge in [0.05, 0.1) is 11.4 Å². The largest absolute Gasteiger partial charge is 0.340 e. The van der Waals surface area contributed by atoms with Crippen molar-refractivity contribution in [1.82, 2.24) is 24.9 Å². The highest BCUT2D eigenvalue weighted by Crippen LogP contribution is 2.28. The van der Waals surface area contributed by atoms with Crippen LogP contribution >= 0.6 is 0 Å². The Hall–Kier alpha value is -3.74. The van der Waals surface area contributed by atoms with Gasteiger partial charge in [0.2, 0.25) is 0 Å². The smallest absolute Gasteiger partial charge is 0.274 e. The average Bonchev–Trinajstić information content (AvgIpc) is 3.57. The van der Waals surface area contributed by atoms with E-state index in [1.165, 1.54) is 12.1 Å². The molecule has 2 aromatic carbocycles. The minimum atomic E-state index is -0.263. The van der Waals surface area contributed by atoms with Crippen LogP contribution < -0.4 is 0 Å². The maximum atomic E-state index is 13.2. The first-order valence-corrected chi connectivity index (χ1v) is 11.3. The molecular formula is C26H26FN5O. The second kappa shape index (κ2) is 9.02. The first-order valence-electron chi connectivity index (χ1n) is 11.3. The predicted molar refractivity (Wildman–Crippen MR) is 125 cm³/mol. The van der Waals surface area contributed by atoms with Crippen molar-refractivity contribution in [2.75, 3.05) is 13.6 Å². The van der Waals surface area contributed by atoms with Gasteiger partial charge in [0.1, 0.15) is 5.82 Å². The summed E-state index contributed by atoms with van der Waals surface area (Å²) in [4.78, 5) is 15.0. The van der Waals surface area contributed by atoms with Crippen LogP contribution in [-0.2, 0) is 19.3 Å². The number of H-pyrrole nitrogens is 1. The summed E-state index contributed by atoms with van der Waals surface area (Å²) in [5.41, 5.74) is 6.47. The maximum absolute atomic E-state index is 13.2. The molecule has 1 aliphatic rings. The fourth-order valence-corrected chi connectivity index (χ4v) is 4.44. The predicted octanol–water partition coefficient (Wildman–Crippen LogP) is 4.60. The first-order chi connectivity index (χ1) is 16.1. The molecule has 0 aliphatic heterocycles. The summed E-state index contributed by atoms with van der Waals surface area (Å²) >= 11 is 0. The van der Waals surface area contributed by atoms with E-state index in [-0.39, 0.29) is 11.7 Å². The number of nitrogens with one attached hydrogen (secondary N) is 1. The number of aromatic amines is 1. The number of amides is 1. The Kier molecular flexibility index (Phi) is 5.77. The molecule has 0 saturated carbocycles. The summed E-state index contributed by atoms with van der Waals surface area (Å²) in [5, 5.41) is 12.1. The molecule has 5 rings (SSSR count). The zero-order valence-electron chi connectivity index (χ0n) is 18.6. The molecule has 1 aliphatic carbocycles. The molecule has 0 atom stereocenters. The van der Waals surface area contributed by atoms with Gasteiger partial charge in [-0.05, 0) is 74.6 Å². The molecule has 0 saturated heterocycles. The molecule has 2 aromatic heterocycles. The summed E-state index contributed by atoms with van der Waals surface area (Å²) in [7, 11) is 1.84. The molecule has 0 bridgehead atoms. The van der Waals surface area contributed by atoms with Crippen LogP contribution in [-0.4, -0.2) is 44.4 Å². The number of carbonyl (C=O) groups excluding carboxylic acids is 1. The van der Waals surface area contributed by atoms with E-state index >= 15 is 0 Å². The first kappa shape index (κ1) is 21.1. The lowest BCUT2D eigenvalue weighted by molar-refractivity contribution is 0.0786. The second-order valence-electron chi connectivity index (χ2n) is 8.49. The van der Waals surface area contributed by atoms with Gasteiger partial charge in [0.15, 0.2) is 5.69 Å². The van der Waals surface area contributed by atoms with Crippen LogP contribution in [0.2, 0.25) is 0 Å². The van der Waals surface area contributed by atoms with E-state index in [2.05, 4.69) is 10.2 Å². The number of rotatable bonds is 7. The van der Waals surface area contributed by atoms with Crippen LogP contribution in [0.1, 0.15) is 40.3 Å². The molecule has 168 valence electrons. The number of para-hydroxylation sites is 1. The summed E-state index contributed by atoms with van der Waals surface area (Å²) in [6, 6.07) is 18.3. The number of aryl methyl sites for hydroxylation is 1. The van der Waals surface area contributed by atoms with Crippen molar-refractivity contribution >= 4 is 5.91 Å². The quantitative estimate of drug-likeness (QED) is 0.454. The van der Waals surface area contributed by atoms with E-state index in [1.807, 2.05) is 48.1 Å². The minimum Gasteiger partial charge on any atom is -0.340 e. The Bertz CT molecular complexity index is 1260. The molecule has 4 aromatic rings. The van der Waals surface area contributed by atoms with Crippen molar-refractivity contribution in [3.63, 3.8) is 0 Å². The van der Waals surface area contributed by atoms with E-state index in [4.69, 9.17) is 5.10 Å². The molecule has 0 fully saturated rings. The van der Waals surface area contributed by atoms with Gasteiger partial charge in [-0.25, -0.2) is 9.07 Å². The highest BCUT2D eigenvalue weighted by Gasteiger charge is 2.28. The van der Waals surface area contributed by atoms with Crippen molar-refractivity contribution in [2.24, 2.45) is 0 Å². The van der Waals surface area contributed by atoms with Crippen LogP contribution in [0.4, 0.5) is 4.39 Å². The summed E-state index contributed by atoms with van der Waals surface area (Å²) in [5.74, 6) is -0.291. The van der Waals surface area contributed by atoms with Crippen molar-refractivity contribution in [1.29, 1.82) is 0 Å². The third-order valence-electron chi connectivity index (χ3n) is 6.19. The zero-order chi connectivity index (χ0) is 22.8. The third kappa shape index (κ3) is 4.31. The number of aromatic nitrogens is 4. The van der Waals surface area contributed by atoms with E-state index in [0.29, 0.717) is 12.2 Å². The molecule has 6 nitrogen and oxygen atoms in total. The van der Waals surface area contributed by atoms with Crippen LogP contribution in [0.3, 0.4) is 0 Å². The number of nitrogens with zero attached hydrogens (tertiary/aromatic N) is 4. The van der Waals surface area contributed by atoms with Gasteiger partial charge in [-0.1, -0.05) is 18.2 Å². The van der Waals surface area contributed by atoms with E-state index in [1.54, 1.807) is 17.0 Å². The van der Waals surface area contributed by atoms with E-state index in [0.717, 1.165) is 66.0 Å². The number of carbonyl (C=O) groups is 1. The lowest BCUT2D eigenvalue weighted by Crippen LogP contribution is -2.29. The Morgan fingerprint density at radius 3 is 2.70 bits per heavy atom. The summed E-state index contributed by atoms with van der Waals surface area (Å²) in [6.07, 6.45) is 4.47. The molecule has 0 spiro atoms. The fraction of sp³-hybridized carbons (Fsp3) is 0.269. The Morgan fingerprint density at radius 2 is 1.91 bits per heavy atom. The molecule has 7 heteroatoms. The summed E-state index contributed by atoms with van der Waals surface area (Å²) in [6.45, 7) is 0.622. The van der Waals surface area contributed by atoms with Crippen LogP contribution in [0, 0.1) is 5.82 Å². The molecule has 2 heterocycles. The van der Waals surface area contributed by atoms with Crippen molar-refractivity contribution in [2.45, 2.75) is 32.1 Å². The van der Waals surface area contributed by atoms with Crippen molar-refractivity contribution in [3.8, 4) is 16.9 Å². The normalized spacial score (nSPS) is 12.7. The monoisotopic (exact) mass is 443 g/mol. The molecular weight excluding hydrogens is 417 g/mol. The Balaban J connectivity index is 1.23. The van der Waals surface area contributed by atoms with Gasteiger partial charge in [-0.3, -0.25) is 9.89 Å². The topological polar surface area (TPSA) is 66.8 Å². The second-order valence-corrected chi connectivity index (χ2v) is 8.49. The minimum absolute atomic E-state index is 0.0283. The highest BCUT2D eigenvalue weighted by molar-refractivity contribution is 5.94. The Labute approximate surface area is 192 Å². The molecule has 33 heavy (non-hydrogen) atoms. The number of hydrogen-bond acceptors (Lipinski definition) is 3. The van der Waals surface area contributed by atoms with Crippen LogP contribution in [0.5, 0.6) is 0 Å². The van der Waals surface area contributed by atoms with Crippen LogP contribution in [0.15, 0.2) is 60.7 Å². The zero-order valence-corrected chi connectivity index (χ0v) is 18.6. The van der Waals surface area contributed by atoms with Gasteiger partial charge >= 0.3 is 0 Å². The lowest BCUT2D eigenvalue weighted by atomic mass is 10.1. The van der Waals surface area contributed by atoms with Gasteiger partial charge in [-0.2, -0.15) is 10.2 Å². The van der Waals surface area contributed by atoms with Crippen LogP contribution in [0.25, 0.3) is 16.9 Å². The lowest BCUT2D eigenvalue weighted by Gasteiger charge is -2.16. The van der Waals surface area contributed by atoms with Gasteiger partial charge < -0.3 is 4.90 Å². The standard InChI is InChI=1S/C26H26FN5O/c1-31(16-6-7-20-17-23(29-28-20)18-12-14-19(27)15-13-18)26(33)25-22-10-5-11-24(22)32(30-25)21-8-3-2-4-9-21/h2-4,8-9,12-15,17H,5-7,10-11,16H2,1H3,(H,28,29). The number of halogens is 1. The van der Waals surface area contributed by atoms with Gasteiger partial charge in [0, 0.05) is 36.1 Å². The SMILES string of the molecule is CN(CCCc1cc(-c2ccc(F)cc2)n[nH]1)C(=O)c1nn(-c2ccccc2)c2c1CCC2. The number of hydrogen-bond donors (Lipinski definition) is 1. The number of fused-ring (bicyclic) bond motifs is 1. The van der Waals surface area contributed by atoms with Crippen molar-refractivity contribution in [3.05, 3.63) is 89.1 Å². The van der Waals surface area contributed by atoms with Crippen molar-refractivity contribution < 1.29 is 9.18 Å². The third-order valence-corrected chi connectivity index (χ3v) is 6.19. The molecule has 1 amide bonds. The fourth-order valence-electron chi connectivity index (χ4n) is 4.44. The van der Waals surface area contributed by atoms with E-state index in [9.17, 15) is 9.18 Å². The molecule has 0 unspecified atom stereocenters. The van der Waals surface area contributed by atoms with Gasteiger partial charge in [0.25, 0.3) is 5.91 Å². The average molecular weight is 444 g/mol. The van der Waals surface area contributed by atoms with E-state index < -0.39 is 0 Å². The number of benzene rings is 2. The van der Waals surface area contributed by atoms with Gasteiger partial charge in [-0.15, -0.1) is 0 Å². The maximum Gasteiger partial charge on any atom is 0.274 e. The Morgan fingerprint density at radius 1 is 1.12 bits per heavy atom. The summed E-state index contributed by atoms with van der Waals surface area (Å²) < 4.78 is 15.1. The highest BCUT2D eigenvalue weighted by atomic mass is 19.1. The molecule has 0 radical (unpaired) electrons.